The molecule has 6 nitrogen and oxygen atoms in total. The van der Waals surface area contributed by atoms with Gasteiger partial charge in [0.2, 0.25) is 5.91 Å². The lowest BCUT2D eigenvalue weighted by atomic mass is 9.93. The zero-order valence-electron chi connectivity index (χ0n) is 16.5. The van der Waals surface area contributed by atoms with Crippen molar-refractivity contribution in [3.8, 4) is 11.4 Å². The largest absolute Gasteiger partial charge is 0.379 e. The predicted octanol–water partition coefficient (Wildman–Crippen LogP) is 2.51. The zero-order chi connectivity index (χ0) is 19.2. The fourth-order valence-electron chi connectivity index (χ4n) is 4.19. The van der Waals surface area contributed by atoms with Gasteiger partial charge in [-0.05, 0) is 31.7 Å². The van der Waals surface area contributed by atoms with Crippen LogP contribution < -0.4 is 0 Å². The SMILES string of the molecule is O=C(Cn1ccnc1-c1ccccc1)N1CCC(CCN2CCOCC2)CC1. The van der Waals surface area contributed by atoms with Crippen LogP contribution in [-0.4, -0.2) is 71.2 Å². The number of aromatic nitrogens is 2. The maximum Gasteiger partial charge on any atom is 0.242 e. The number of hydrogen-bond acceptors (Lipinski definition) is 4. The van der Waals surface area contributed by atoms with E-state index in [0.29, 0.717) is 6.54 Å². The van der Waals surface area contributed by atoms with Crippen LogP contribution in [0.15, 0.2) is 42.7 Å². The Labute approximate surface area is 167 Å². The number of carbonyl (C=O) groups excluding carboxylic acids is 1. The van der Waals surface area contributed by atoms with E-state index in [1.54, 1.807) is 6.20 Å². The molecule has 1 aromatic carbocycles. The summed E-state index contributed by atoms with van der Waals surface area (Å²) in [6.07, 6.45) is 7.14. The molecule has 0 spiro atoms. The number of amides is 1. The van der Waals surface area contributed by atoms with Crippen molar-refractivity contribution in [2.24, 2.45) is 5.92 Å². The number of carbonyl (C=O) groups is 1. The Bertz CT molecular complexity index is 747. The van der Waals surface area contributed by atoms with Gasteiger partial charge in [-0.15, -0.1) is 0 Å². The zero-order valence-corrected chi connectivity index (χ0v) is 16.5. The van der Waals surface area contributed by atoms with Crippen molar-refractivity contribution >= 4 is 5.91 Å². The molecule has 0 bridgehead atoms. The van der Waals surface area contributed by atoms with Gasteiger partial charge in [0.15, 0.2) is 0 Å². The number of hydrogen-bond donors (Lipinski definition) is 0. The Morgan fingerprint density at radius 1 is 1.07 bits per heavy atom. The molecule has 0 radical (unpaired) electrons. The van der Waals surface area contributed by atoms with Crippen molar-refractivity contribution in [3.05, 3.63) is 42.7 Å². The van der Waals surface area contributed by atoms with E-state index >= 15 is 0 Å². The molecule has 4 rings (SSSR count). The Hall–Kier alpha value is -2.18. The third-order valence-electron chi connectivity index (χ3n) is 5.98. The lowest BCUT2D eigenvalue weighted by Crippen LogP contribution is -2.41. The van der Waals surface area contributed by atoms with Gasteiger partial charge in [-0.1, -0.05) is 30.3 Å². The van der Waals surface area contributed by atoms with Gasteiger partial charge < -0.3 is 14.2 Å². The van der Waals surface area contributed by atoms with E-state index in [0.717, 1.165) is 76.1 Å². The average Bonchev–Trinajstić information content (AvgIpc) is 3.22. The molecule has 6 heteroatoms. The van der Waals surface area contributed by atoms with Gasteiger partial charge in [0.1, 0.15) is 12.4 Å². The van der Waals surface area contributed by atoms with Crippen LogP contribution in [0.3, 0.4) is 0 Å². The minimum absolute atomic E-state index is 0.196. The number of benzene rings is 1. The van der Waals surface area contributed by atoms with Gasteiger partial charge in [-0.3, -0.25) is 9.69 Å². The second kappa shape index (κ2) is 9.34. The molecule has 28 heavy (non-hydrogen) atoms. The quantitative estimate of drug-likeness (QED) is 0.770. The minimum Gasteiger partial charge on any atom is -0.379 e. The van der Waals surface area contributed by atoms with Crippen LogP contribution in [0.2, 0.25) is 0 Å². The molecule has 150 valence electrons. The Kier molecular flexibility index (Phi) is 6.39. The highest BCUT2D eigenvalue weighted by Crippen LogP contribution is 2.22. The summed E-state index contributed by atoms with van der Waals surface area (Å²) in [6, 6.07) is 10.0. The fourth-order valence-corrected chi connectivity index (χ4v) is 4.19. The molecule has 0 N–H and O–H groups in total. The van der Waals surface area contributed by atoms with E-state index in [2.05, 4.69) is 9.88 Å². The second-order valence-electron chi connectivity index (χ2n) is 7.81. The molecule has 2 saturated heterocycles. The number of likely N-dealkylation sites (tertiary alicyclic amines) is 1. The van der Waals surface area contributed by atoms with E-state index < -0.39 is 0 Å². The Morgan fingerprint density at radius 2 is 1.82 bits per heavy atom. The molecule has 0 saturated carbocycles. The summed E-state index contributed by atoms with van der Waals surface area (Å²) in [4.78, 5) is 21.8. The topological polar surface area (TPSA) is 50.6 Å². The molecule has 0 atom stereocenters. The number of piperidine rings is 1. The van der Waals surface area contributed by atoms with Crippen LogP contribution >= 0.6 is 0 Å². The third-order valence-corrected chi connectivity index (χ3v) is 5.98. The number of morpholine rings is 1. The number of ether oxygens (including phenoxy) is 1. The summed E-state index contributed by atoms with van der Waals surface area (Å²) in [5.74, 6) is 1.79. The molecular weight excluding hydrogens is 352 g/mol. The van der Waals surface area contributed by atoms with Crippen molar-refractivity contribution < 1.29 is 9.53 Å². The minimum atomic E-state index is 0.196. The van der Waals surface area contributed by atoms with Crippen LogP contribution in [-0.2, 0) is 16.1 Å². The highest BCUT2D eigenvalue weighted by Gasteiger charge is 2.24. The Balaban J connectivity index is 1.25. The number of imidazole rings is 1. The molecular formula is C22H30N4O2. The van der Waals surface area contributed by atoms with E-state index in [9.17, 15) is 4.79 Å². The van der Waals surface area contributed by atoms with Crippen LogP contribution in [0.5, 0.6) is 0 Å². The van der Waals surface area contributed by atoms with Crippen LogP contribution in [0.4, 0.5) is 0 Å². The summed E-state index contributed by atoms with van der Waals surface area (Å²) in [5.41, 5.74) is 1.04. The van der Waals surface area contributed by atoms with Crippen LogP contribution in [0.1, 0.15) is 19.3 Å². The molecule has 3 heterocycles. The molecule has 2 aliphatic rings. The maximum atomic E-state index is 12.8. The van der Waals surface area contributed by atoms with E-state index in [1.807, 2.05) is 46.0 Å². The molecule has 1 amide bonds. The molecule has 0 unspecified atom stereocenters. The second-order valence-corrected chi connectivity index (χ2v) is 7.81. The van der Waals surface area contributed by atoms with E-state index in [-0.39, 0.29) is 5.91 Å². The molecule has 1 aromatic heterocycles. The highest BCUT2D eigenvalue weighted by molar-refractivity contribution is 5.76. The summed E-state index contributed by atoms with van der Waals surface area (Å²) in [5, 5.41) is 0. The van der Waals surface area contributed by atoms with Crippen LogP contribution in [0.25, 0.3) is 11.4 Å². The van der Waals surface area contributed by atoms with Gasteiger partial charge in [0, 0.05) is 44.1 Å². The first kappa shape index (κ1) is 19.2. The van der Waals surface area contributed by atoms with Crippen molar-refractivity contribution in [1.82, 2.24) is 19.4 Å². The van der Waals surface area contributed by atoms with Gasteiger partial charge in [-0.2, -0.15) is 0 Å². The van der Waals surface area contributed by atoms with E-state index in [1.165, 1.54) is 6.42 Å². The predicted molar refractivity (Wildman–Crippen MR) is 109 cm³/mol. The van der Waals surface area contributed by atoms with Crippen molar-refractivity contribution in [1.29, 1.82) is 0 Å². The summed E-state index contributed by atoms with van der Waals surface area (Å²) in [7, 11) is 0. The highest BCUT2D eigenvalue weighted by atomic mass is 16.5. The summed E-state index contributed by atoms with van der Waals surface area (Å²) >= 11 is 0. The van der Waals surface area contributed by atoms with Crippen molar-refractivity contribution in [3.63, 3.8) is 0 Å². The molecule has 2 aromatic rings. The smallest absolute Gasteiger partial charge is 0.242 e. The fraction of sp³-hybridized carbons (Fsp3) is 0.545. The summed E-state index contributed by atoms with van der Waals surface area (Å²) in [6.45, 7) is 7.14. The first-order valence-corrected chi connectivity index (χ1v) is 10.4. The van der Waals surface area contributed by atoms with Gasteiger partial charge in [-0.25, -0.2) is 4.98 Å². The van der Waals surface area contributed by atoms with Crippen LogP contribution in [0, 0.1) is 5.92 Å². The third kappa shape index (κ3) is 4.80. The number of rotatable bonds is 6. The van der Waals surface area contributed by atoms with Gasteiger partial charge >= 0.3 is 0 Å². The molecule has 2 fully saturated rings. The lowest BCUT2D eigenvalue weighted by Gasteiger charge is -2.34. The Morgan fingerprint density at radius 3 is 2.57 bits per heavy atom. The van der Waals surface area contributed by atoms with Gasteiger partial charge in [0.25, 0.3) is 0 Å². The standard InChI is InChI=1S/C22H30N4O2/c27-21(18-26-13-9-23-22(26)20-4-2-1-3-5-20)25-11-7-19(8-12-25)6-10-24-14-16-28-17-15-24/h1-5,9,13,19H,6-8,10-12,14-18H2. The monoisotopic (exact) mass is 382 g/mol. The molecule has 0 aliphatic carbocycles. The average molecular weight is 383 g/mol. The lowest BCUT2D eigenvalue weighted by molar-refractivity contribution is -0.133. The van der Waals surface area contributed by atoms with E-state index in [4.69, 9.17) is 4.74 Å². The first-order chi connectivity index (χ1) is 13.8. The van der Waals surface area contributed by atoms with Crippen molar-refractivity contribution in [2.45, 2.75) is 25.8 Å². The van der Waals surface area contributed by atoms with Gasteiger partial charge in [0.05, 0.1) is 13.2 Å². The number of nitrogens with zero attached hydrogens (tertiary/aromatic N) is 4. The summed E-state index contributed by atoms with van der Waals surface area (Å²) < 4.78 is 7.38. The first-order valence-electron chi connectivity index (χ1n) is 10.4. The molecule has 2 aliphatic heterocycles. The normalized spacial score (nSPS) is 19.1. The van der Waals surface area contributed by atoms with Crippen molar-refractivity contribution in [2.75, 3.05) is 45.9 Å². The maximum absolute atomic E-state index is 12.8.